The molecule has 7 nitrogen and oxygen atoms in total. The Bertz CT molecular complexity index is 480. The first-order valence-corrected chi connectivity index (χ1v) is 5.98. The van der Waals surface area contributed by atoms with E-state index < -0.39 is 5.54 Å². The minimum Gasteiger partial charge on any atom is -0.352 e. The standard InChI is InChI=1S/C11H17N5O2/c1-4-7-13-8(15-14-7)9(17)16-6-5-12-10(18)11(16,2)3/h4-6H2,1-3H3,(H,12,18)(H,13,14,15). The van der Waals surface area contributed by atoms with Gasteiger partial charge in [-0.1, -0.05) is 6.92 Å². The molecule has 1 aromatic heterocycles. The Labute approximate surface area is 105 Å². The molecule has 0 bridgehead atoms. The molecular formula is C11H17N5O2. The first-order valence-electron chi connectivity index (χ1n) is 5.98. The number of aromatic nitrogens is 3. The van der Waals surface area contributed by atoms with E-state index in [0.717, 1.165) is 0 Å². The monoisotopic (exact) mass is 251 g/mol. The summed E-state index contributed by atoms with van der Waals surface area (Å²) in [6.45, 7) is 6.28. The highest BCUT2D eigenvalue weighted by Crippen LogP contribution is 2.19. The van der Waals surface area contributed by atoms with Crippen molar-refractivity contribution in [3.63, 3.8) is 0 Å². The van der Waals surface area contributed by atoms with Gasteiger partial charge in [0.15, 0.2) is 0 Å². The zero-order chi connectivity index (χ0) is 13.3. The number of carbonyl (C=O) groups is 2. The molecule has 2 heterocycles. The zero-order valence-corrected chi connectivity index (χ0v) is 10.8. The van der Waals surface area contributed by atoms with Gasteiger partial charge in [-0.05, 0) is 13.8 Å². The van der Waals surface area contributed by atoms with Crippen LogP contribution in [0, 0.1) is 0 Å². The quantitative estimate of drug-likeness (QED) is 0.756. The molecule has 0 aromatic carbocycles. The lowest BCUT2D eigenvalue weighted by molar-refractivity contribution is -0.133. The lowest BCUT2D eigenvalue weighted by Gasteiger charge is -2.40. The van der Waals surface area contributed by atoms with E-state index in [1.165, 1.54) is 4.90 Å². The Morgan fingerprint density at radius 3 is 2.83 bits per heavy atom. The number of nitrogens with one attached hydrogen (secondary N) is 2. The van der Waals surface area contributed by atoms with Gasteiger partial charge in [-0.15, -0.1) is 5.10 Å². The smallest absolute Gasteiger partial charge is 0.294 e. The molecule has 0 spiro atoms. The van der Waals surface area contributed by atoms with Crippen LogP contribution in [0.2, 0.25) is 0 Å². The Morgan fingerprint density at radius 1 is 1.50 bits per heavy atom. The fraction of sp³-hybridized carbons (Fsp3) is 0.636. The van der Waals surface area contributed by atoms with Crippen molar-refractivity contribution in [2.45, 2.75) is 32.7 Å². The van der Waals surface area contributed by atoms with Gasteiger partial charge in [-0.2, -0.15) is 0 Å². The SMILES string of the molecule is CCc1nc(C(=O)N2CCNC(=O)C2(C)C)n[nH]1. The molecule has 0 saturated carbocycles. The molecule has 2 N–H and O–H groups in total. The van der Waals surface area contributed by atoms with E-state index in [4.69, 9.17) is 0 Å². The highest BCUT2D eigenvalue weighted by Gasteiger charge is 2.41. The third kappa shape index (κ3) is 1.96. The summed E-state index contributed by atoms with van der Waals surface area (Å²) in [4.78, 5) is 29.7. The Balaban J connectivity index is 2.24. The molecule has 0 radical (unpaired) electrons. The molecule has 1 fully saturated rings. The van der Waals surface area contributed by atoms with E-state index in [2.05, 4.69) is 20.5 Å². The lowest BCUT2D eigenvalue weighted by Crippen LogP contribution is -2.63. The van der Waals surface area contributed by atoms with Crippen molar-refractivity contribution in [3.05, 3.63) is 11.6 Å². The second-order valence-corrected chi connectivity index (χ2v) is 4.73. The molecule has 18 heavy (non-hydrogen) atoms. The first kappa shape index (κ1) is 12.5. The number of aryl methyl sites for hydroxylation is 1. The van der Waals surface area contributed by atoms with Crippen LogP contribution >= 0.6 is 0 Å². The van der Waals surface area contributed by atoms with E-state index in [1.807, 2.05) is 6.92 Å². The van der Waals surface area contributed by atoms with Gasteiger partial charge in [0.2, 0.25) is 11.7 Å². The highest BCUT2D eigenvalue weighted by molar-refractivity contribution is 5.97. The molecule has 2 amide bonds. The van der Waals surface area contributed by atoms with Crippen LogP contribution < -0.4 is 5.32 Å². The van der Waals surface area contributed by atoms with Crippen LogP contribution in [0.15, 0.2) is 0 Å². The van der Waals surface area contributed by atoms with Crippen LogP contribution in [0.4, 0.5) is 0 Å². The summed E-state index contributed by atoms with van der Waals surface area (Å²) in [6, 6.07) is 0. The van der Waals surface area contributed by atoms with Gasteiger partial charge in [0.25, 0.3) is 5.91 Å². The summed E-state index contributed by atoms with van der Waals surface area (Å²) in [5, 5.41) is 9.34. The van der Waals surface area contributed by atoms with Gasteiger partial charge in [0.1, 0.15) is 11.4 Å². The van der Waals surface area contributed by atoms with E-state index in [0.29, 0.717) is 25.3 Å². The molecule has 0 atom stereocenters. The maximum Gasteiger partial charge on any atom is 0.294 e. The third-order valence-electron chi connectivity index (χ3n) is 3.15. The molecule has 1 aromatic rings. The van der Waals surface area contributed by atoms with Crippen LogP contribution in [-0.2, 0) is 11.2 Å². The molecule has 0 aliphatic carbocycles. The molecule has 7 heteroatoms. The number of carbonyl (C=O) groups excluding carboxylic acids is 2. The minimum absolute atomic E-state index is 0.120. The van der Waals surface area contributed by atoms with Crippen LogP contribution in [0.25, 0.3) is 0 Å². The summed E-state index contributed by atoms with van der Waals surface area (Å²) in [5.41, 5.74) is -0.873. The second-order valence-electron chi connectivity index (χ2n) is 4.73. The van der Waals surface area contributed by atoms with Gasteiger partial charge in [0.05, 0.1) is 0 Å². The van der Waals surface area contributed by atoms with E-state index >= 15 is 0 Å². The van der Waals surface area contributed by atoms with Crippen molar-refractivity contribution in [2.24, 2.45) is 0 Å². The number of H-pyrrole nitrogens is 1. The molecular weight excluding hydrogens is 234 g/mol. The van der Waals surface area contributed by atoms with Crippen molar-refractivity contribution in [3.8, 4) is 0 Å². The maximum atomic E-state index is 12.3. The summed E-state index contributed by atoms with van der Waals surface area (Å²) in [5.74, 6) is 0.311. The van der Waals surface area contributed by atoms with Crippen molar-refractivity contribution in [1.29, 1.82) is 0 Å². The number of rotatable bonds is 2. The summed E-state index contributed by atoms with van der Waals surface area (Å²) >= 11 is 0. The highest BCUT2D eigenvalue weighted by atomic mass is 16.2. The van der Waals surface area contributed by atoms with E-state index in [1.54, 1.807) is 13.8 Å². The average molecular weight is 251 g/mol. The summed E-state index contributed by atoms with van der Waals surface area (Å²) < 4.78 is 0. The fourth-order valence-electron chi connectivity index (χ4n) is 1.92. The fourth-order valence-corrected chi connectivity index (χ4v) is 1.92. The lowest BCUT2D eigenvalue weighted by atomic mass is 9.99. The van der Waals surface area contributed by atoms with E-state index in [9.17, 15) is 9.59 Å². The molecule has 2 rings (SSSR count). The van der Waals surface area contributed by atoms with Crippen LogP contribution in [0.3, 0.4) is 0 Å². The predicted molar refractivity (Wildman–Crippen MR) is 63.9 cm³/mol. The molecule has 1 aliphatic rings. The van der Waals surface area contributed by atoms with Crippen molar-refractivity contribution in [2.75, 3.05) is 13.1 Å². The van der Waals surface area contributed by atoms with Gasteiger partial charge in [-0.25, -0.2) is 4.98 Å². The molecule has 1 aliphatic heterocycles. The van der Waals surface area contributed by atoms with Crippen LogP contribution in [0.1, 0.15) is 37.2 Å². The predicted octanol–water partition coefficient (Wildman–Crippen LogP) is -0.282. The summed E-state index contributed by atoms with van der Waals surface area (Å²) in [6.07, 6.45) is 0.685. The maximum absolute atomic E-state index is 12.3. The van der Waals surface area contributed by atoms with Crippen molar-refractivity contribution in [1.82, 2.24) is 25.4 Å². The number of amides is 2. The Kier molecular flexibility index (Phi) is 3.06. The van der Waals surface area contributed by atoms with E-state index in [-0.39, 0.29) is 17.6 Å². The van der Waals surface area contributed by atoms with Gasteiger partial charge in [-0.3, -0.25) is 14.7 Å². The zero-order valence-electron chi connectivity index (χ0n) is 10.8. The number of hydrogen-bond acceptors (Lipinski definition) is 4. The first-order chi connectivity index (χ1) is 8.46. The average Bonchev–Trinajstić information content (AvgIpc) is 2.80. The number of aromatic amines is 1. The minimum atomic E-state index is -0.873. The molecule has 98 valence electrons. The van der Waals surface area contributed by atoms with Crippen molar-refractivity contribution < 1.29 is 9.59 Å². The third-order valence-corrected chi connectivity index (χ3v) is 3.15. The van der Waals surface area contributed by atoms with Gasteiger partial charge >= 0.3 is 0 Å². The molecule has 0 unspecified atom stereocenters. The number of nitrogens with zero attached hydrogens (tertiary/aromatic N) is 3. The number of hydrogen-bond donors (Lipinski definition) is 2. The number of piperazine rings is 1. The van der Waals surface area contributed by atoms with Gasteiger partial charge < -0.3 is 10.2 Å². The van der Waals surface area contributed by atoms with Crippen molar-refractivity contribution >= 4 is 11.8 Å². The van der Waals surface area contributed by atoms with Gasteiger partial charge in [0, 0.05) is 19.5 Å². The second kappa shape index (κ2) is 4.40. The summed E-state index contributed by atoms with van der Waals surface area (Å²) in [7, 11) is 0. The molecule has 1 saturated heterocycles. The topological polar surface area (TPSA) is 91.0 Å². The Hall–Kier alpha value is -1.92. The largest absolute Gasteiger partial charge is 0.352 e. The van der Waals surface area contributed by atoms with Crippen LogP contribution in [0.5, 0.6) is 0 Å². The normalized spacial score (nSPS) is 18.6. The van der Waals surface area contributed by atoms with Crippen LogP contribution in [-0.4, -0.2) is 50.5 Å². The Morgan fingerprint density at radius 2 is 2.22 bits per heavy atom.